The molecular weight excluding hydrogens is 301 g/mol. The third-order valence-electron chi connectivity index (χ3n) is 2.61. The Kier molecular flexibility index (Phi) is 3.30. The minimum Gasteiger partial charge on any atom is -0.505 e. The topological polar surface area (TPSA) is 72.0 Å². The summed E-state index contributed by atoms with van der Waals surface area (Å²) in [7, 11) is 0. The van der Waals surface area contributed by atoms with Crippen LogP contribution in [0.2, 0.25) is 10.0 Å². The van der Waals surface area contributed by atoms with Crippen LogP contribution < -0.4 is 0 Å². The van der Waals surface area contributed by atoms with Gasteiger partial charge < -0.3 is 9.63 Å². The van der Waals surface area contributed by atoms with Crippen LogP contribution in [-0.2, 0) is 0 Å². The molecular formula is C13H7Cl2N3O2. The normalized spacial score (nSPS) is 10.7. The number of aromatic hydroxyl groups is 1. The molecule has 0 unspecified atom stereocenters. The molecule has 1 aromatic carbocycles. The van der Waals surface area contributed by atoms with Crippen molar-refractivity contribution in [2.75, 3.05) is 0 Å². The molecule has 100 valence electrons. The van der Waals surface area contributed by atoms with E-state index >= 15 is 0 Å². The summed E-state index contributed by atoms with van der Waals surface area (Å²) in [5.74, 6) is 0.182. The number of pyridine rings is 1. The Morgan fingerprint density at radius 1 is 1.05 bits per heavy atom. The van der Waals surface area contributed by atoms with E-state index in [0.29, 0.717) is 11.5 Å². The molecule has 2 heterocycles. The van der Waals surface area contributed by atoms with Crippen molar-refractivity contribution in [1.29, 1.82) is 0 Å². The Morgan fingerprint density at radius 2 is 1.85 bits per heavy atom. The van der Waals surface area contributed by atoms with Gasteiger partial charge in [-0.1, -0.05) is 34.4 Å². The molecule has 0 aliphatic carbocycles. The van der Waals surface area contributed by atoms with Crippen LogP contribution >= 0.6 is 23.2 Å². The third-order valence-corrected chi connectivity index (χ3v) is 3.23. The van der Waals surface area contributed by atoms with Crippen molar-refractivity contribution in [2.24, 2.45) is 0 Å². The zero-order valence-electron chi connectivity index (χ0n) is 9.92. The van der Waals surface area contributed by atoms with Gasteiger partial charge >= 0.3 is 0 Å². The van der Waals surface area contributed by atoms with Crippen LogP contribution in [0.25, 0.3) is 23.0 Å². The van der Waals surface area contributed by atoms with E-state index < -0.39 is 0 Å². The van der Waals surface area contributed by atoms with Gasteiger partial charge in [0.15, 0.2) is 0 Å². The number of rotatable bonds is 2. The summed E-state index contributed by atoms with van der Waals surface area (Å²) in [5, 5.41) is 14.2. The van der Waals surface area contributed by atoms with Gasteiger partial charge in [-0.3, -0.25) is 4.98 Å². The molecule has 0 fully saturated rings. The fourth-order valence-corrected chi connectivity index (χ4v) is 2.06. The Balaban J connectivity index is 2.10. The number of halogens is 2. The lowest BCUT2D eigenvalue weighted by atomic mass is 10.2. The second-order valence-corrected chi connectivity index (χ2v) is 4.71. The van der Waals surface area contributed by atoms with Gasteiger partial charge in [0.1, 0.15) is 17.0 Å². The van der Waals surface area contributed by atoms with Crippen LogP contribution in [0, 0.1) is 0 Å². The highest BCUT2D eigenvalue weighted by molar-refractivity contribution is 6.36. The molecule has 5 nitrogen and oxygen atoms in total. The molecule has 0 aliphatic rings. The summed E-state index contributed by atoms with van der Waals surface area (Å²) in [5.41, 5.74) is 0.758. The summed E-state index contributed by atoms with van der Waals surface area (Å²) in [6, 6.07) is 8.36. The molecule has 0 amide bonds. The first kappa shape index (κ1) is 12.9. The molecule has 0 spiro atoms. The molecule has 1 N–H and O–H groups in total. The van der Waals surface area contributed by atoms with E-state index in [0.717, 1.165) is 0 Å². The molecule has 0 saturated heterocycles. The second kappa shape index (κ2) is 5.11. The lowest BCUT2D eigenvalue weighted by molar-refractivity contribution is 0.425. The molecule has 0 bridgehead atoms. The van der Waals surface area contributed by atoms with Crippen molar-refractivity contribution in [1.82, 2.24) is 15.1 Å². The van der Waals surface area contributed by atoms with Gasteiger partial charge in [-0.05, 0) is 24.3 Å². The number of nitrogens with zero attached hydrogens (tertiary/aromatic N) is 3. The Bertz CT molecular complexity index is 760. The van der Waals surface area contributed by atoms with Crippen molar-refractivity contribution in [2.45, 2.75) is 0 Å². The zero-order chi connectivity index (χ0) is 14.1. The van der Waals surface area contributed by atoms with Gasteiger partial charge in [0.05, 0.1) is 10.0 Å². The first-order chi connectivity index (χ1) is 9.66. The average molecular weight is 308 g/mol. The summed E-state index contributed by atoms with van der Waals surface area (Å²) in [6.45, 7) is 0. The highest BCUT2D eigenvalue weighted by atomic mass is 35.5. The lowest BCUT2D eigenvalue weighted by Gasteiger charge is -2.03. The second-order valence-electron chi connectivity index (χ2n) is 3.89. The van der Waals surface area contributed by atoms with Crippen molar-refractivity contribution < 1.29 is 9.63 Å². The van der Waals surface area contributed by atoms with Crippen LogP contribution in [0.15, 0.2) is 41.1 Å². The van der Waals surface area contributed by atoms with E-state index in [-0.39, 0.29) is 27.2 Å². The number of phenolic OH excluding ortho intramolecular Hbond substituents is 1. The summed E-state index contributed by atoms with van der Waals surface area (Å²) < 4.78 is 5.12. The predicted molar refractivity (Wildman–Crippen MR) is 74.6 cm³/mol. The van der Waals surface area contributed by atoms with Crippen LogP contribution in [0.4, 0.5) is 0 Å². The first-order valence-corrected chi connectivity index (χ1v) is 6.35. The number of benzene rings is 1. The molecule has 7 heteroatoms. The van der Waals surface area contributed by atoms with E-state index in [2.05, 4.69) is 15.1 Å². The molecule has 3 rings (SSSR count). The van der Waals surface area contributed by atoms with Crippen LogP contribution in [0.5, 0.6) is 5.75 Å². The van der Waals surface area contributed by atoms with Gasteiger partial charge in [-0.2, -0.15) is 4.98 Å². The van der Waals surface area contributed by atoms with Gasteiger partial charge in [-0.25, -0.2) is 0 Å². The van der Waals surface area contributed by atoms with Crippen molar-refractivity contribution in [3.8, 4) is 28.7 Å². The van der Waals surface area contributed by atoms with E-state index in [1.54, 1.807) is 24.4 Å². The molecule has 0 atom stereocenters. The number of hydrogen-bond acceptors (Lipinski definition) is 5. The van der Waals surface area contributed by atoms with Gasteiger partial charge in [-0.15, -0.1) is 0 Å². The molecule has 3 aromatic rings. The van der Waals surface area contributed by atoms with Crippen molar-refractivity contribution in [3.63, 3.8) is 0 Å². The zero-order valence-corrected chi connectivity index (χ0v) is 11.4. The molecule has 0 aliphatic heterocycles. The van der Waals surface area contributed by atoms with Crippen molar-refractivity contribution >= 4 is 23.2 Å². The van der Waals surface area contributed by atoms with Crippen molar-refractivity contribution in [3.05, 3.63) is 46.6 Å². The smallest absolute Gasteiger partial charge is 0.263 e. The van der Waals surface area contributed by atoms with Gasteiger partial charge in [0.25, 0.3) is 5.89 Å². The number of hydrogen-bond donors (Lipinski definition) is 1. The minimum absolute atomic E-state index is 0.0793. The maximum Gasteiger partial charge on any atom is 0.263 e. The van der Waals surface area contributed by atoms with Gasteiger partial charge in [0, 0.05) is 6.20 Å². The SMILES string of the molecule is Oc1c(Cl)ccc(Cl)c1-c1nc(-c2ccccn2)no1. The summed E-state index contributed by atoms with van der Waals surface area (Å²) >= 11 is 11.9. The maximum atomic E-state index is 9.95. The fraction of sp³-hybridized carbons (Fsp3) is 0. The largest absolute Gasteiger partial charge is 0.505 e. The fourth-order valence-electron chi connectivity index (χ4n) is 1.67. The quantitative estimate of drug-likeness (QED) is 0.779. The lowest BCUT2D eigenvalue weighted by Crippen LogP contribution is -1.85. The van der Waals surface area contributed by atoms with E-state index in [9.17, 15) is 5.11 Å². The van der Waals surface area contributed by atoms with E-state index in [1.807, 2.05) is 6.07 Å². The first-order valence-electron chi connectivity index (χ1n) is 5.59. The monoisotopic (exact) mass is 307 g/mol. The predicted octanol–water partition coefficient (Wildman–Crippen LogP) is 3.81. The summed E-state index contributed by atoms with van der Waals surface area (Å²) in [6.07, 6.45) is 1.62. The molecule has 0 radical (unpaired) electrons. The summed E-state index contributed by atoms with van der Waals surface area (Å²) in [4.78, 5) is 8.28. The Morgan fingerprint density at radius 3 is 2.60 bits per heavy atom. The molecule has 20 heavy (non-hydrogen) atoms. The molecule has 2 aromatic heterocycles. The average Bonchev–Trinajstić information content (AvgIpc) is 2.94. The third kappa shape index (κ3) is 2.21. The number of phenols is 1. The van der Waals surface area contributed by atoms with Crippen LogP contribution in [-0.4, -0.2) is 20.2 Å². The number of aromatic nitrogens is 3. The maximum absolute atomic E-state index is 9.95. The van der Waals surface area contributed by atoms with E-state index in [4.69, 9.17) is 27.7 Å². The van der Waals surface area contributed by atoms with E-state index in [1.165, 1.54) is 6.07 Å². The standard InChI is InChI=1S/C13H7Cl2N3O2/c14-7-4-5-8(15)11(19)10(7)13-17-12(18-20-13)9-3-1-2-6-16-9/h1-6,19H. The van der Waals surface area contributed by atoms with Gasteiger partial charge in [0.2, 0.25) is 5.82 Å². The molecule has 0 saturated carbocycles. The van der Waals surface area contributed by atoms with Crippen LogP contribution in [0.1, 0.15) is 0 Å². The minimum atomic E-state index is -0.199. The van der Waals surface area contributed by atoms with Crippen LogP contribution in [0.3, 0.4) is 0 Å². The Labute approximate surface area is 123 Å². The highest BCUT2D eigenvalue weighted by Crippen LogP contribution is 2.40. The highest BCUT2D eigenvalue weighted by Gasteiger charge is 2.19. The Hall–Kier alpha value is -2.11.